The van der Waals surface area contributed by atoms with Gasteiger partial charge in [-0.15, -0.1) is 6.58 Å². The van der Waals surface area contributed by atoms with Crippen molar-refractivity contribution < 1.29 is 29.3 Å². The molecule has 0 aromatic carbocycles. The zero-order valence-corrected chi connectivity index (χ0v) is 19.7. The average molecular weight is 454 g/mol. The highest BCUT2D eigenvalue weighted by molar-refractivity contribution is 5.92. The molecule has 1 unspecified atom stereocenters. The molecule has 1 saturated heterocycles. The van der Waals surface area contributed by atoms with Crippen LogP contribution in [0.5, 0.6) is 0 Å². The summed E-state index contributed by atoms with van der Waals surface area (Å²) < 4.78 is 5.35. The van der Waals surface area contributed by atoms with Crippen LogP contribution in [0.4, 0.5) is 4.79 Å². The Hall–Kier alpha value is -2.13. The number of carboxylic acids is 1. The molecule has 2 fully saturated rings. The maximum absolute atomic E-state index is 13.0. The number of nitrogens with zero attached hydrogens (tertiary/aromatic N) is 1. The van der Waals surface area contributed by atoms with Crippen molar-refractivity contribution in [2.45, 2.75) is 102 Å². The summed E-state index contributed by atoms with van der Waals surface area (Å²) in [5, 5.41) is 26.2. The first-order valence-corrected chi connectivity index (χ1v) is 11.6. The van der Waals surface area contributed by atoms with E-state index in [0.29, 0.717) is 32.2 Å². The van der Waals surface area contributed by atoms with Crippen molar-refractivity contribution in [1.29, 1.82) is 0 Å². The van der Waals surface area contributed by atoms with Crippen molar-refractivity contribution in [3.05, 3.63) is 12.7 Å². The number of hydrogen-bond donors (Lipinski definition) is 4. The molecular weight excluding hydrogens is 414 g/mol. The number of amides is 2. The van der Waals surface area contributed by atoms with Gasteiger partial charge in [0.15, 0.2) is 0 Å². The molecule has 0 radical (unpaired) electrons. The lowest BCUT2D eigenvalue weighted by atomic mass is 10.1. The van der Waals surface area contributed by atoms with Crippen molar-refractivity contribution in [1.82, 2.24) is 15.5 Å². The standard InChI is InChI=1S/C23H39N3O6/c1-6-8-9-11-16(24-21(31)32-22(3,4)5)19(28)26-13-10-12-17(26)18(27)25-23(20(29)30)14-15(23)7-2/h7,15-17,19,28H,2,6,8-14H2,1,3-5H3,(H,24,31)(H,25,27)(H,29,30)/t15-,16+,17+,19?,23-/m1/s1. The van der Waals surface area contributed by atoms with Gasteiger partial charge >= 0.3 is 12.1 Å². The van der Waals surface area contributed by atoms with E-state index in [0.717, 1.165) is 19.3 Å². The van der Waals surface area contributed by atoms with Gasteiger partial charge < -0.3 is 25.6 Å². The van der Waals surface area contributed by atoms with Gasteiger partial charge in [0, 0.05) is 12.5 Å². The van der Waals surface area contributed by atoms with Gasteiger partial charge in [0.1, 0.15) is 17.4 Å². The highest BCUT2D eigenvalue weighted by atomic mass is 16.6. The molecule has 0 aromatic heterocycles. The summed E-state index contributed by atoms with van der Waals surface area (Å²) in [4.78, 5) is 38.7. The predicted octanol–water partition coefficient (Wildman–Crippen LogP) is 2.39. The molecule has 1 aliphatic carbocycles. The number of aliphatic carboxylic acids is 1. The lowest BCUT2D eigenvalue weighted by Crippen LogP contribution is -2.58. The number of carbonyl (C=O) groups excluding carboxylic acids is 2. The number of aliphatic hydroxyl groups excluding tert-OH is 1. The zero-order chi connectivity index (χ0) is 24.1. The average Bonchev–Trinajstić information content (AvgIpc) is 3.18. The lowest BCUT2D eigenvalue weighted by Gasteiger charge is -2.35. The molecule has 5 atom stereocenters. The Morgan fingerprint density at radius 2 is 2.00 bits per heavy atom. The second-order valence-corrected chi connectivity index (χ2v) is 9.87. The Bertz CT molecular complexity index is 706. The van der Waals surface area contributed by atoms with E-state index in [1.807, 2.05) is 0 Å². The third kappa shape index (κ3) is 6.45. The van der Waals surface area contributed by atoms with Crippen molar-refractivity contribution >= 4 is 18.0 Å². The van der Waals surface area contributed by atoms with E-state index in [9.17, 15) is 24.6 Å². The van der Waals surface area contributed by atoms with E-state index in [1.54, 1.807) is 31.7 Å². The van der Waals surface area contributed by atoms with E-state index in [-0.39, 0.29) is 5.92 Å². The normalized spacial score (nSPS) is 27.3. The minimum atomic E-state index is -1.31. The van der Waals surface area contributed by atoms with Gasteiger partial charge in [0.05, 0.1) is 12.1 Å². The van der Waals surface area contributed by atoms with Crippen LogP contribution in [0, 0.1) is 5.92 Å². The number of aliphatic hydroxyl groups is 1. The van der Waals surface area contributed by atoms with E-state index < -0.39 is 47.4 Å². The Balaban J connectivity index is 2.10. The fraction of sp³-hybridized carbons (Fsp3) is 0.783. The van der Waals surface area contributed by atoms with Gasteiger partial charge in [0.25, 0.3) is 0 Å². The van der Waals surface area contributed by atoms with Gasteiger partial charge in [-0.05, 0) is 46.5 Å². The first kappa shape index (κ1) is 26.1. The molecule has 9 heteroatoms. The number of carboxylic acid groups (broad SMARTS) is 1. The number of unbranched alkanes of at least 4 members (excludes halogenated alkanes) is 2. The van der Waals surface area contributed by atoms with E-state index >= 15 is 0 Å². The first-order chi connectivity index (χ1) is 14.9. The largest absolute Gasteiger partial charge is 0.479 e. The van der Waals surface area contributed by atoms with Crippen LogP contribution in [-0.2, 0) is 14.3 Å². The van der Waals surface area contributed by atoms with Gasteiger partial charge in [-0.25, -0.2) is 9.59 Å². The minimum Gasteiger partial charge on any atom is -0.479 e. The maximum Gasteiger partial charge on any atom is 0.408 e. The van der Waals surface area contributed by atoms with Gasteiger partial charge in [-0.3, -0.25) is 9.69 Å². The van der Waals surface area contributed by atoms with Crippen molar-refractivity contribution in [3.63, 3.8) is 0 Å². The van der Waals surface area contributed by atoms with E-state index in [1.165, 1.54) is 0 Å². The number of nitrogens with one attached hydrogen (secondary N) is 2. The molecule has 4 N–H and O–H groups in total. The summed E-state index contributed by atoms with van der Waals surface area (Å²) in [7, 11) is 0. The van der Waals surface area contributed by atoms with Crippen LogP contribution < -0.4 is 10.6 Å². The minimum absolute atomic E-state index is 0.306. The summed E-state index contributed by atoms with van der Waals surface area (Å²) in [6.45, 7) is 11.5. The molecule has 2 rings (SSSR count). The molecule has 9 nitrogen and oxygen atoms in total. The highest BCUT2D eigenvalue weighted by Crippen LogP contribution is 2.44. The van der Waals surface area contributed by atoms with E-state index in [4.69, 9.17) is 4.74 Å². The third-order valence-corrected chi connectivity index (χ3v) is 6.14. The van der Waals surface area contributed by atoms with E-state index in [2.05, 4.69) is 24.1 Å². The Morgan fingerprint density at radius 1 is 1.31 bits per heavy atom. The fourth-order valence-electron chi connectivity index (χ4n) is 4.31. The molecule has 2 aliphatic rings. The first-order valence-electron chi connectivity index (χ1n) is 11.6. The highest BCUT2D eigenvalue weighted by Gasteiger charge is 2.61. The number of carbonyl (C=O) groups is 3. The summed E-state index contributed by atoms with van der Waals surface area (Å²) >= 11 is 0. The van der Waals surface area contributed by atoms with Crippen LogP contribution in [0.15, 0.2) is 12.7 Å². The van der Waals surface area contributed by atoms with Crippen LogP contribution in [0.25, 0.3) is 0 Å². The number of hydrogen-bond acceptors (Lipinski definition) is 6. The predicted molar refractivity (Wildman–Crippen MR) is 120 cm³/mol. The summed E-state index contributed by atoms with van der Waals surface area (Å²) in [5.74, 6) is -1.80. The molecule has 1 aliphatic heterocycles. The van der Waals surface area contributed by atoms with Crippen LogP contribution in [0.3, 0.4) is 0 Å². The van der Waals surface area contributed by atoms with Crippen LogP contribution in [0.2, 0.25) is 0 Å². The molecule has 1 heterocycles. The van der Waals surface area contributed by atoms with Crippen LogP contribution in [0.1, 0.15) is 72.6 Å². The number of alkyl carbamates (subject to hydrolysis) is 1. The van der Waals surface area contributed by atoms with Crippen LogP contribution in [-0.4, -0.2) is 69.1 Å². The molecule has 182 valence electrons. The van der Waals surface area contributed by atoms with Crippen molar-refractivity contribution in [2.75, 3.05) is 6.54 Å². The Labute approximate surface area is 190 Å². The maximum atomic E-state index is 13.0. The topological polar surface area (TPSA) is 128 Å². The van der Waals surface area contributed by atoms with Crippen molar-refractivity contribution in [2.24, 2.45) is 5.92 Å². The Morgan fingerprint density at radius 3 is 2.53 bits per heavy atom. The van der Waals surface area contributed by atoms with Gasteiger partial charge in [-0.2, -0.15) is 0 Å². The fourth-order valence-corrected chi connectivity index (χ4v) is 4.31. The van der Waals surface area contributed by atoms with Gasteiger partial charge in [0.2, 0.25) is 5.91 Å². The molecule has 0 bridgehead atoms. The van der Waals surface area contributed by atoms with Crippen molar-refractivity contribution in [3.8, 4) is 0 Å². The second-order valence-electron chi connectivity index (χ2n) is 9.87. The SMILES string of the molecule is C=C[C@@H]1C[C@]1(NC(=O)[C@@H]1CCCN1C(O)[C@H](CCCCC)NC(=O)OC(C)(C)C)C(=O)O. The second kappa shape index (κ2) is 10.7. The number of likely N-dealkylation sites (tertiary alicyclic amines) is 1. The monoisotopic (exact) mass is 453 g/mol. The summed E-state index contributed by atoms with van der Waals surface area (Å²) in [6, 6.07) is -1.28. The molecular formula is C23H39N3O6. The molecule has 0 spiro atoms. The smallest absolute Gasteiger partial charge is 0.408 e. The van der Waals surface area contributed by atoms with Crippen LogP contribution >= 0.6 is 0 Å². The zero-order valence-electron chi connectivity index (χ0n) is 19.7. The quantitative estimate of drug-likeness (QED) is 0.279. The number of ether oxygens (including phenoxy) is 1. The Kier molecular flexibility index (Phi) is 8.70. The number of rotatable bonds is 11. The lowest BCUT2D eigenvalue weighted by molar-refractivity contribution is -0.145. The summed E-state index contributed by atoms with van der Waals surface area (Å²) in [6.07, 6.45) is 4.64. The molecule has 32 heavy (non-hydrogen) atoms. The molecule has 0 aromatic rings. The third-order valence-electron chi connectivity index (χ3n) is 6.14. The molecule has 2 amide bonds. The molecule has 1 saturated carbocycles. The van der Waals surface area contributed by atoms with Gasteiger partial charge in [-0.1, -0.05) is 32.3 Å². The summed E-state index contributed by atoms with van der Waals surface area (Å²) in [5.41, 5.74) is -1.98.